The Balaban J connectivity index is 2.04. The molecule has 0 bridgehead atoms. The summed E-state index contributed by atoms with van der Waals surface area (Å²) >= 11 is 0. The highest BCUT2D eigenvalue weighted by Crippen LogP contribution is 2.26. The molecule has 6 nitrogen and oxygen atoms in total. The average molecular weight is 351 g/mol. The van der Waals surface area contributed by atoms with Gasteiger partial charge in [-0.3, -0.25) is 0 Å². The van der Waals surface area contributed by atoms with E-state index in [1.165, 1.54) is 13.2 Å². The molecule has 134 valence electrons. The number of fused-ring (bicyclic) bond motifs is 1. The van der Waals surface area contributed by atoms with Crippen molar-refractivity contribution in [1.29, 1.82) is 0 Å². The Morgan fingerprint density at radius 3 is 2.62 bits per heavy atom. The van der Waals surface area contributed by atoms with Gasteiger partial charge in [-0.2, -0.15) is 5.10 Å². The van der Waals surface area contributed by atoms with E-state index in [-0.39, 0.29) is 5.97 Å². The van der Waals surface area contributed by atoms with Gasteiger partial charge in [-0.15, -0.1) is 0 Å². The molecule has 0 aliphatic carbocycles. The van der Waals surface area contributed by atoms with Crippen LogP contribution in [-0.4, -0.2) is 35.0 Å². The normalized spacial score (nSPS) is 11.6. The smallest absolute Gasteiger partial charge is 0.330 e. The molecule has 3 aromatic rings. The molecule has 0 fully saturated rings. The number of rotatable bonds is 6. The largest absolute Gasteiger partial charge is 0.497 e. The van der Waals surface area contributed by atoms with Gasteiger partial charge in [0.25, 0.3) is 0 Å². The number of esters is 1. The number of hydrogen-bond acceptors (Lipinski definition) is 5. The molecule has 0 atom stereocenters. The van der Waals surface area contributed by atoms with E-state index in [1.54, 1.807) is 13.3 Å². The summed E-state index contributed by atoms with van der Waals surface area (Å²) in [6.07, 6.45) is 3.90. The zero-order chi connectivity index (χ0) is 18.5. The summed E-state index contributed by atoms with van der Waals surface area (Å²) in [5.74, 6) is 0.427. The fraction of sp³-hybridized carbons (Fsp3) is 0.250. The Hall–Kier alpha value is -3.15. The van der Waals surface area contributed by atoms with Gasteiger partial charge in [0.05, 0.1) is 26.5 Å². The third-order valence-electron chi connectivity index (χ3n) is 4.18. The number of methoxy groups -OCH3 is 2. The maximum absolute atomic E-state index is 11.7. The maximum atomic E-state index is 11.7. The van der Waals surface area contributed by atoms with E-state index in [0.29, 0.717) is 13.0 Å². The van der Waals surface area contributed by atoms with Crippen LogP contribution in [-0.2, 0) is 16.1 Å². The topological polar surface area (TPSA) is 66.2 Å². The SMILES string of the molecule is CCC(=CC(=O)OC)c1nn(Cc2ccc(OC)cc2)c2ncccc12. The first-order valence-electron chi connectivity index (χ1n) is 8.39. The Kier molecular flexibility index (Phi) is 5.31. The van der Waals surface area contributed by atoms with Gasteiger partial charge in [0, 0.05) is 17.7 Å². The highest BCUT2D eigenvalue weighted by atomic mass is 16.5. The fourth-order valence-electron chi connectivity index (χ4n) is 2.80. The van der Waals surface area contributed by atoms with Gasteiger partial charge in [0.2, 0.25) is 0 Å². The molecule has 0 amide bonds. The van der Waals surface area contributed by atoms with Gasteiger partial charge in [-0.05, 0) is 41.8 Å². The van der Waals surface area contributed by atoms with Gasteiger partial charge in [-0.1, -0.05) is 19.1 Å². The second-order valence-corrected chi connectivity index (χ2v) is 5.78. The number of carbonyl (C=O) groups is 1. The molecule has 2 heterocycles. The summed E-state index contributed by atoms with van der Waals surface area (Å²) in [6, 6.07) is 11.7. The van der Waals surface area contributed by atoms with Gasteiger partial charge >= 0.3 is 5.97 Å². The summed E-state index contributed by atoms with van der Waals surface area (Å²) < 4.78 is 11.8. The number of aromatic nitrogens is 3. The molecule has 1 aromatic carbocycles. The van der Waals surface area contributed by atoms with Crippen molar-refractivity contribution in [2.75, 3.05) is 14.2 Å². The van der Waals surface area contributed by atoms with Crippen LogP contribution in [0.4, 0.5) is 0 Å². The highest BCUT2D eigenvalue weighted by molar-refractivity contribution is 5.96. The number of hydrogen-bond donors (Lipinski definition) is 0. The van der Waals surface area contributed by atoms with Crippen LogP contribution >= 0.6 is 0 Å². The number of allylic oxidation sites excluding steroid dienone is 1. The first-order valence-corrected chi connectivity index (χ1v) is 8.39. The number of ether oxygens (including phenoxy) is 2. The number of nitrogens with zero attached hydrogens (tertiary/aromatic N) is 3. The van der Waals surface area contributed by atoms with Crippen molar-refractivity contribution >= 4 is 22.6 Å². The minimum absolute atomic E-state index is 0.386. The van der Waals surface area contributed by atoms with E-state index >= 15 is 0 Å². The van der Waals surface area contributed by atoms with Crippen LogP contribution < -0.4 is 4.74 Å². The molecule has 0 radical (unpaired) electrons. The Morgan fingerprint density at radius 1 is 1.19 bits per heavy atom. The monoisotopic (exact) mass is 351 g/mol. The van der Waals surface area contributed by atoms with Crippen molar-refractivity contribution in [3.8, 4) is 5.75 Å². The van der Waals surface area contributed by atoms with Gasteiger partial charge in [-0.25, -0.2) is 14.5 Å². The predicted molar refractivity (Wildman–Crippen MR) is 99.9 cm³/mol. The van der Waals surface area contributed by atoms with Gasteiger partial charge < -0.3 is 9.47 Å². The molecule has 0 unspecified atom stereocenters. The van der Waals surface area contributed by atoms with Crippen molar-refractivity contribution in [2.24, 2.45) is 0 Å². The van der Waals surface area contributed by atoms with Crippen LogP contribution in [0.1, 0.15) is 24.6 Å². The second-order valence-electron chi connectivity index (χ2n) is 5.78. The molecule has 2 aromatic heterocycles. The van der Waals surface area contributed by atoms with Crippen LogP contribution in [0.3, 0.4) is 0 Å². The minimum Gasteiger partial charge on any atom is -0.497 e. The lowest BCUT2D eigenvalue weighted by Gasteiger charge is -2.05. The summed E-state index contributed by atoms with van der Waals surface area (Å²) in [5, 5.41) is 5.65. The zero-order valence-electron chi connectivity index (χ0n) is 15.1. The van der Waals surface area contributed by atoms with Crippen molar-refractivity contribution in [3.05, 3.63) is 59.9 Å². The number of pyridine rings is 1. The fourth-order valence-corrected chi connectivity index (χ4v) is 2.80. The first-order chi connectivity index (χ1) is 12.7. The molecule has 0 aliphatic rings. The highest BCUT2D eigenvalue weighted by Gasteiger charge is 2.15. The molecular formula is C20H21N3O3. The molecule has 6 heteroatoms. The molecule has 26 heavy (non-hydrogen) atoms. The molecule has 0 aliphatic heterocycles. The molecule has 3 rings (SSSR count). The molecule has 0 saturated carbocycles. The Bertz CT molecular complexity index is 943. The van der Waals surface area contributed by atoms with Crippen LogP contribution in [0.2, 0.25) is 0 Å². The minimum atomic E-state index is -0.386. The maximum Gasteiger partial charge on any atom is 0.330 e. The molecule has 0 saturated heterocycles. The van der Waals surface area contributed by atoms with Gasteiger partial charge in [0.15, 0.2) is 5.65 Å². The van der Waals surface area contributed by atoms with Crippen molar-refractivity contribution in [2.45, 2.75) is 19.9 Å². The average Bonchev–Trinajstić information content (AvgIpc) is 3.05. The summed E-state index contributed by atoms with van der Waals surface area (Å²) in [7, 11) is 3.01. The molecule has 0 N–H and O–H groups in total. The summed E-state index contributed by atoms with van der Waals surface area (Å²) in [4.78, 5) is 16.2. The summed E-state index contributed by atoms with van der Waals surface area (Å²) in [5.41, 5.74) is 3.45. The lowest BCUT2D eigenvalue weighted by molar-refractivity contribution is -0.134. The van der Waals surface area contributed by atoms with E-state index in [9.17, 15) is 4.79 Å². The number of benzene rings is 1. The lowest BCUT2D eigenvalue weighted by atomic mass is 10.1. The molecular weight excluding hydrogens is 330 g/mol. The van der Waals surface area contributed by atoms with Crippen LogP contribution in [0, 0.1) is 0 Å². The van der Waals surface area contributed by atoms with Crippen LogP contribution in [0.25, 0.3) is 16.6 Å². The second kappa shape index (κ2) is 7.82. The van der Waals surface area contributed by atoms with E-state index in [4.69, 9.17) is 14.6 Å². The van der Waals surface area contributed by atoms with Crippen LogP contribution in [0.15, 0.2) is 48.7 Å². The standard InChI is InChI=1S/C20H21N3O3/c1-4-15(12-18(24)26-3)19-17-6-5-11-21-20(17)23(22-19)13-14-7-9-16(25-2)10-8-14/h5-12H,4,13H2,1-3H3. The quantitative estimate of drug-likeness (QED) is 0.503. The summed E-state index contributed by atoms with van der Waals surface area (Å²) in [6.45, 7) is 2.56. The van der Waals surface area contributed by atoms with E-state index in [2.05, 4.69) is 4.98 Å². The van der Waals surface area contributed by atoms with Crippen molar-refractivity contribution < 1.29 is 14.3 Å². The predicted octanol–water partition coefficient (Wildman–Crippen LogP) is 3.45. The van der Waals surface area contributed by atoms with Crippen molar-refractivity contribution in [3.63, 3.8) is 0 Å². The van der Waals surface area contributed by atoms with Gasteiger partial charge in [0.1, 0.15) is 5.75 Å². The third-order valence-corrected chi connectivity index (χ3v) is 4.18. The van der Waals surface area contributed by atoms with Crippen molar-refractivity contribution in [1.82, 2.24) is 14.8 Å². The Morgan fingerprint density at radius 2 is 1.96 bits per heavy atom. The van der Waals surface area contributed by atoms with E-state index in [1.807, 2.05) is 48.0 Å². The molecule has 0 spiro atoms. The third kappa shape index (κ3) is 3.59. The van der Waals surface area contributed by atoms with E-state index < -0.39 is 0 Å². The van der Waals surface area contributed by atoms with E-state index in [0.717, 1.165) is 33.6 Å². The Labute approximate surface area is 152 Å². The lowest BCUT2D eigenvalue weighted by Crippen LogP contribution is -2.03. The first kappa shape index (κ1) is 17.7. The zero-order valence-corrected chi connectivity index (χ0v) is 15.1. The number of carbonyl (C=O) groups excluding carboxylic acids is 1. The van der Waals surface area contributed by atoms with Crippen LogP contribution in [0.5, 0.6) is 5.75 Å².